The van der Waals surface area contributed by atoms with Gasteiger partial charge in [0, 0.05) is 13.6 Å². The number of rotatable bonds is 6. The lowest BCUT2D eigenvalue weighted by Gasteiger charge is -2.57. The van der Waals surface area contributed by atoms with E-state index in [1.54, 1.807) is 4.90 Å². The van der Waals surface area contributed by atoms with Crippen molar-refractivity contribution in [3.05, 3.63) is 53.6 Å². The number of oxime groups is 1. The van der Waals surface area contributed by atoms with Crippen molar-refractivity contribution in [2.24, 2.45) is 34.2 Å². The summed E-state index contributed by atoms with van der Waals surface area (Å²) in [7, 11) is 1.81. The number of hydrogen-bond acceptors (Lipinski definition) is 5. The number of fused-ring (bicyclic) bond motifs is 5. The average Bonchev–Trinajstić information content (AvgIpc) is 3.34. The van der Waals surface area contributed by atoms with Gasteiger partial charge in [-0.3, -0.25) is 4.84 Å². The number of allylic oxidation sites excluding steroid dienone is 3. The molecule has 1 amide bonds. The molecule has 6 heteroatoms. The topological polar surface area (TPSA) is 74.2 Å². The predicted octanol–water partition coefficient (Wildman–Crippen LogP) is 6.57. The van der Waals surface area contributed by atoms with Crippen LogP contribution in [0.15, 0.2) is 53.2 Å². The van der Waals surface area contributed by atoms with Gasteiger partial charge in [-0.1, -0.05) is 54.1 Å². The number of hydrogen-bond donors (Lipinski definition) is 2. The lowest BCUT2D eigenvalue weighted by atomic mass is 9.48. The number of amides is 1. The molecule has 2 N–H and O–H groups in total. The summed E-state index contributed by atoms with van der Waals surface area (Å²) in [6.07, 6.45) is 15.7. The van der Waals surface area contributed by atoms with Crippen molar-refractivity contribution >= 4 is 17.4 Å². The van der Waals surface area contributed by atoms with Gasteiger partial charge in [0.1, 0.15) is 0 Å². The van der Waals surface area contributed by atoms with Gasteiger partial charge in [0.15, 0.2) is 0 Å². The van der Waals surface area contributed by atoms with Crippen LogP contribution >= 0.6 is 0 Å². The number of benzene rings is 1. The molecule has 4 aliphatic carbocycles. The van der Waals surface area contributed by atoms with E-state index in [1.807, 2.05) is 13.1 Å². The summed E-state index contributed by atoms with van der Waals surface area (Å²) in [4.78, 5) is 19.7. The van der Waals surface area contributed by atoms with Crippen LogP contribution in [0.3, 0.4) is 0 Å². The van der Waals surface area contributed by atoms with E-state index in [-0.39, 0.29) is 11.5 Å². The van der Waals surface area contributed by atoms with Crippen molar-refractivity contribution in [3.8, 4) is 0 Å². The number of aliphatic hydroxyl groups is 1. The van der Waals surface area contributed by atoms with Gasteiger partial charge in [-0.25, -0.2) is 4.79 Å². The number of carbonyl (C=O) groups is 1. The molecular formula is C34H47N3O3. The first kappa shape index (κ1) is 27.7. The number of piperidine rings is 1. The average molecular weight is 546 g/mol. The third-order valence-electron chi connectivity index (χ3n) is 11.3. The van der Waals surface area contributed by atoms with E-state index in [2.05, 4.69) is 53.8 Å². The van der Waals surface area contributed by atoms with Crippen LogP contribution in [0.1, 0.15) is 83.1 Å². The third kappa shape index (κ3) is 5.18. The van der Waals surface area contributed by atoms with Crippen LogP contribution in [0.5, 0.6) is 0 Å². The lowest BCUT2D eigenvalue weighted by Crippen LogP contribution is -2.53. The van der Waals surface area contributed by atoms with Crippen LogP contribution in [0.2, 0.25) is 0 Å². The fraction of sp³-hybridized carbons (Fsp3) is 0.647. The molecule has 5 aliphatic rings. The standard InChI is InChI=1S/C34H47N3O3/c1-33-18-14-27(36-40-32(38)37(2)22-6-7-24-16-20-35-21-17-24)23-26(33)10-11-28-30(33)15-19-34(39)29(12-13-31(28)34)25-8-4-3-5-9-25/h3-5,8-9,12,23-24,28,30-31,35,39H,6-7,10-11,13-22H2,1-2H3/b36-27+/t28-,30+,31+,33+,34+/m1/s1. The maximum atomic E-state index is 12.6. The van der Waals surface area contributed by atoms with Crippen molar-refractivity contribution in [1.82, 2.24) is 10.2 Å². The second kappa shape index (κ2) is 11.4. The van der Waals surface area contributed by atoms with Crippen LogP contribution < -0.4 is 5.32 Å². The van der Waals surface area contributed by atoms with E-state index in [4.69, 9.17) is 4.84 Å². The normalized spacial score (nSPS) is 34.8. The summed E-state index contributed by atoms with van der Waals surface area (Å²) in [6.45, 7) is 5.39. The van der Waals surface area contributed by atoms with Gasteiger partial charge in [0.25, 0.3) is 0 Å². The van der Waals surface area contributed by atoms with E-state index < -0.39 is 5.60 Å². The first-order chi connectivity index (χ1) is 19.4. The largest absolute Gasteiger partial charge is 0.435 e. The van der Waals surface area contributed by atoms with E-state index in [0.717, 1.165) is 81.7 Å². The molecule has 1 aromatic carbocycles. The minimum atomic E-state index is -0.699. The van der Waals surface area contributed by atoms with Gasteiger partial charge in [-0.15, -0.1) is 0 Å². The number of carbonyl (C=O) groups excluding carboxylic acids is 1. The summed E-state index contributed by atoms with van der Waals surface area (Å²) in [5.41, 5.74) is 4.12. The van der Waals surface area contributed by atoms with Crippen molar-refractivity contribution in [2.45, 2.75) is 83.2 Å². The van der Waals surface area contributed by atoms with Crippen LogP contribution in [0, 0.1) is 29.1 Å². The van der Waals surface area contributed by atoms with Crippen LogP contribution in [0.4, 0.5) is 4.79 Å². The van der Waals surface area contributed by atoms with Crippen molar-refractivity contribution in [1.29, 1.82) is 0 Å². The molecule has 2 saturated carbocycles. The molecular weight excluding hydrogens is 498 g/mol. The predicted molar refractivity (Wildman–Crippen MR) is 160 cm³/mol. The van der Waals surface area contributed by atoms with Gasteiger partial charge in [0.05, 0.1) is 11.3 Å². The fourth-order valence-corrected chi connectivity index (χ4v) is 8.92. The highest BCUT2D eigenvalue weighted by Gasteiger charge is 2.58. The summed E-state index contributed by atoms with van der Waals surface area (Å²) in [5.74, 6) is 2.20. The minimum Gasteiger partial charge on any atom is -0.385 e. The number of nitrogens with zero attached hydrogens (tertiary/aromatic N) is 2. The Bertz CT molecular complexity index is 1170. The molecule has 1 aliphatic heterocycles. The molecule has 1 aromatic rings. The number of nitrogens with one attached hydrogen (secondary N) is 1. The molecule has 0 radical (unpaired) electrons. The summed E-state index contributed by atoms with van der Waals surface area (Å²) < 4.78 is 0. The second-order valence-electron chi connectivity index (χ2n) is 13.4. The summed E-state index contributed by atoms with van der Waals surface area (Å²) in [5, 5.41) is 19.8. The minimum absolute atomic E-state index is 0.133. The first-order valence-corrected chi connectivity index (χ1v) is 15.8. The Morgan fingerprint density at radius 3 is 2.70 bits per heavy atom. The third-order valence-corrected chi connectivity index (χ3v) is 11.3. The molecule has 0 aromatic heterocycles. The van der Waals surface area contributed by atoms with Gasteiger partial charge < -0.3 is 15.3 Å². The van der Waals surface area contributed by atoms with Crippen LogP contribution in [-0.4, -0.2) is 54.1 Å². The van der Waals surface area contributed by atoms with Crippen LogP contribution in [-0.2, 0) is 4.84 Å². The maximum absolute atomic E-state index is 12.6. The Labute approximate surface area is 239 Å². The molecule has 5 atom stereocenters. The Morgan fingerprint density at radius 2 is 1.90 bits per heavy atom. The van der Waals surface area contributed by atoms with Gasteiger partial charge in [-0.2, -0.15) is 0 Å². The van der Waals surface area contributed by atoms with Crippen molar-refractivity contribution < 1.29 is 14.7 Å². The van der Waals surface area contributed by atoms with E-state index in [9.17, 15) is 9.90 Å². The van der Waals surface area contributed by atoms with Crippen molar-refractivity contribution in [3.63, 3.8) is 0 Å². The van der Waals surface area contributed by atoms with Crippen molar-refractivity contribution in [2.75, 3.05) is 26.7 Å². The second-order valence-corrected chi connectivity index (χ2v) is 13.4. The highest BCUT2D eigenvalue weighted by atomic mass is 16.7. The molecule has 6 rings (SSSR count). The molecule has 0 spiro atoms. The molecule has 6 nitrogen and oxygen atoms in total. The zero-order valence-corrected chi connectivity index (χ0v) is 24.4. The first-order valence-electron chi connectivity index (χ1n) is 15.8. The monoisotopic (exact) mass is 545 g/mol. The zero-order valence-electron chi connectivity index (χ0n) is 24.4. The smallest absolute Gasteiger partial charge is 0.385 e. The van der Waals surface area contributed by atoms with Gasteiger partial charge in [0.2, 0.25) is 0 Å². The Kier molecular flexibility index (Phi) is 7.93. The molecule has 3 fully saturated rings. The van der Waals surface area contributed by atoms with Gasteiger partial charge in [-0.05, 0) is 130 Å². The summed E-state index contributed by atoms with van der Waals surface area (Å²) in [6, 6.07) is 10.5. The molecule has 216 valence electrons. The summed E-state index contributed by atoms with van der Waals surface area (Å²) >= 11 is 0. The molecule has 1 saturated heterocycles. The molecule has 0 bridgehead atoms. The maximum Gasteiger partial charge on any atom is 0.435 e. The van der Waals surface area contributed by atoms with Gasteiger partial charge >= 0.3 is 6.09 Å². The lowest BCUT2D eigenvalue weighted by molar-refractivity contribution is -0.0800. The fourth-order valence-electron chi connectivity index (χ4n) is 8.92. The van der Waals surface area contributed by atoms with E-state index in [0.29, 0.717) is 24.3 Å². The Hall–Kier alpha value is -2.44. The van der Waals surface area contributed by atoms with Crippen LogP contribution in [0.25, 0.3) is 5.57 Å². The molecule has 40 heavy (non-hydrogen) atoms. The highest BCUT2D eigenvalue weighted by molar-refractivity contribution is 5.96. The quantitative estimate of drug-likeness (QED) is 0.313. The Morgan fingerprint density at radius 1 is 1.10 bits per heavy atom. The molecule has 0 unspecified atom stereocenters. The zero-order chi connectivity index (χ0) is 27.7. The van der Waals surface area contributed by atoms with E-state index in [1.165, 1.54) is 30.4 Å². The SMILES string of the molecule is CN(CCCC1CCNCC1)C(=O)O/N=C1/C=C2CC[C@@H]3[C@H](CC[C@]4(O)C(c5ccccc5)=CC[C@@H]34)[C@@]2(C)CC1. The molecule has 1 heterocycles. The Balaban J connectivity index is 1.06. The van der Waals surface area contributed by atoms with E-state index >= 15 is 0 Å². The highest BCUT2D eigenvalue weighted by Crippen LogP contribution is 2.63.